The van der Waals surface area contributed by atoms with Crippen LogP contribution in [0.15, 0.2) is 57.5 Å². The number of H-pyrrole nitrogens is 1. The molecule has 1 fully saturated rings. The molecule has 1 N–H and O–H groups in total. The van der Waals surface area contributed by atoms with E-state index < -0.39 is 10.0 Å². The molecule has 0 amide bonds. The predicted molar refractivity (Wildman–Crippen MR) is 113 cm³/mol. The minimum absolute atomic E-state index is 0.264. The molecule has 1 aromatic carbocycles. The average molecular weight is 451 g/mol. The molecular weight excluding hydrogens is 432 g/mol. The standard InChI is InChI=1S/C19H19ClN4O3S2/c20-15-5-2-1-4-14(15)12-23-10-3-11-24(13-23)29(26,27)19-9-7-17(28-19)16-6-8-18(25)22-21-16/h1-2,4-9H,3,10-13H2,(H,22,25). The van der Waals surface area contributed by atoms with E-state index in [1.807, 2.05) is 24.3 Å². The van der Waals surface area contributed by atoms with Gasteiger partial charge in [0.1, 0.15) is 9.90 Å². The molecule has 1 aliphatic rings. The van der Waals surface area contributed by atoms with Crippen LogP contribution in [0.5, 0.6) is 0 Å². The Hall–Kier alpha value is -2.04. The molecular formula is C19H19ClN4O3S2. The molecule has 29 heavy (non-hydrogen) atoms. The fraction of sp³-hybridized carbons (Fsp3) is 0.263. The molecule has 0 saturated carbocycles. The third-order valence-corrected chi connectivity index (χ3v) is 8.47. The van der Waals surface area contributed by atoms with Crippen molar-refractivity contribution in [2.45, 2.75) is 17.2 Å². The van der Waals surface area contributed by atoms with Crippen molar-refractivity contribution in [3.05, 3.63) is 69.5 Å². The lowest BCUT2D eigenvalue weighted by atomic mass is 10.2. The Morgan fingerprint density at radius 3 is 2.69 bits per heavy atom. The van der Waals surface area contributed by atoms with E-state index in [4.69, 9.17) is 11.6 Å². The highest BCUT2D eigenvalue weighted by Gasteiger charge is 2.30. The second-order valence-corrected chi connectivity index (χ2v) is 10.4. The molecule has 152 valence electrons. The van der Waals surface area contributed by atoms with Gasteiger partial charge in [0.15, 0.2) is 0 Å². The monoisotopic (exact) mass is 450 g/mol. The van der Waals surface area contributed by atoms with Crippen molar-refractivity contribution in [1.29, 1.82) is 0 Å². The number of benzene rings is 1. The number of rotatable bonds is 5. The fourth-order valence-corrected chi connectivity index (χ4v) is 6.32. The van der Waals surface area contributed by atoms with Gasteiger partial charge in [-0.15, -0.1) is 11.3 Å². The molecule has 1 saturated heterocycles. The summed E-state index contributed by atoms with van der Waals surface area (Å²) in [6, 6.07) is 13.9. The van der Waals surface area contributed by atoms with Crippen LogP contribution in [-0.2, 0) is 16.6 Å². The molecule has 0 aliphatic carbocycles. The van der Waals surface area contributed by atoms with Crippen LogP contribution in [0.1, 0.15) is 12.0 Å². The lowest BCUT2D eigenvalue weighted by molar-refractivity contribution is 0.140. The minimum atomic E-state index is -3.62. The second-order valence-electron chi connectivity index (χ2n) is 6.74. The van der Waals surface area contributed by atoms with Crippen molar-refractivity contribution in [2.75, 3.05) is 19.8 Å². The molecule has 4 rings (SSSR count). The maximum atomic E-state index is 13.2. The first-order valence-electron chi connectivity index (χ1n) is 9.05. The Balaban J connectivity index is 1.52. The van der Waals surface area contributed by atoms with E-state index in [0.29, 0.717) is 35.4 Å². The Kier molecular flexibility index (Phi) is 5.84. The van der Waals surface area contributed by atoms with Crippen LogP contribution in [0, 0.1) is 0 Å². The summed E-state index contributed by atoms with van der Waals surface area (Å²) in [7, 11) is -3.62. The Morgan fingerprint density at radius 1 is 1.10 bits per heavy atom. The number of hydrogen-bond donors (Lipinski definition) is 1. The first-order valence-corrected chi connectivity index (χ1v) is 11.7. The van der Waals surface area contributed by atoms with E-state index in [-0.39, 0.29) is 9.77 Å². The molecule has 0 unspecified atom stereocenters. The van der Waals surface area contributed by atoms with Crippen LogP contribution in [0.2, 0.25) is 5.02 Å². The lowest BCUT2D eigenvalue weighted by Gasteiger charge is -2.34. The van der Waals surface area contributed by atoms with Crippen LogP contribution in [-0.4, -0.2) is 47.6 Å². The van der Waals surface area contributed by atoms with Crippen molar-refractivity contribution in [3.63, 3.8) is 0 Å². The summed E-state index contributed by atoms with van der Waals surface area (Å²) < 4.78 is 28.1. The van der Waals surface area contributed by atoms with Gasteiger partial charge in [0.2, 0.25) is 0 Å². The Bertz CT molecular complexity index is 1160. The van der Waals surface area contributed by atoms with Gasteiger partial charge in [-0.25, -0.2) is 13.5 Å². The van der Waals surface area contributed by atoms with Crippen LogP contribution in [0.3, 0.4) is 0 Å². The summed E-state index contributed by atoms with van der Waals surface area (Å²) in [5.74, 6) is 0. The minimum Gasteiger partial charge on any atom is -0.285 e. The van der Waals surface area contributed by atoms with Crippen LogP contribution in [0.25, 0.3) is 10.6 Å². The first-order chi connectivity index (χ1) is 13.9. The largest absolute Gasteiger partial charge is 0.285 e. The smallest absolute Gasteiger partial charge is 0.264 e. The summed E-state index contributed by atoms with van der Waals surface area (Å²) in [6.07, 6.45) is 0.753. The summed E-state index contributed by atoms with van der Waals surface area (Å²) in [5.41, 5.74) is 1.22. The third kappa shape index (κ3) is 4.44. The fourth-order valence-electron chi connectivity index (χ4n) is 3.23. The average Bonchev–Trinajstić information content (AvgIpc) is 3.22. The highest BCUT2D eigenvalue weighted by Crippen LogP contribution is 2.31. The van der Waals surface area contributed by atoms with Gasteiger partial charge < -0.3 is 0 Å². The topological polar surface area (TPSA) is 86.4 Å². The zero-order chi connectivity index (χ0) is 20.4. The first kappa shape index (κ1) is 20.2. The van der Waals surface area contributed by atoms with Gasteiger partial charge in [-0.3, -0.25) is 9.69 Å². The highest BCUT2D eigenvalue weighted by atomic mass is 35.5. The van der Waals surface area contributed by atoms with Crippen LogP contribution in [0.4, 0.5) is 0 Å². The molecule has 3 aromatic rings. The Morgan fingerprint density at radius 2 is 1.93 bits per heavy atom. The molecule has 10 heteroatoms. The number of aromatic nitrogens is 2. The molecule has 0 atom stereocenters. The molecule has 1 aliphatic heterocycles. The lowest BCUT2D eigenvalue weighted by Crippen LogP contribution is -2.46. The summed E-state index contributed by atoms with van der Waals surface area (Å²) >= 11 is 7.40. The van der Waals surface area contributed by atoms with Crippen molar-refractivity contribution in [2.24, 2.45) is 0 Å². The number of hydrogen-bond acceptors (Lipinski definition) is 6. The number of thiophene rings is 1. The molecule has 0 radical (unpaired) electrons. The number of aromatic amines is 1. The zero-order valence-corrected chi connectivity index (χ0v) is 17.8. The SMILES string of the molecule is O=c1ccc(-c2ccc(S(=O)(=O)N3CCCN(Cc4ccccc4Cl)C3)s2)n[nH]1. The van der Waals surface area contributed by atoms with Crippen molar-refractivity contribution >= 4 is 33.0 Å². The Labute approximate surface area is 177 Å². The normalized spacial score (nSPS) is 16.2. The third-order valence-electron chi connectivity index (χ3n) is 4.70. The molecule has 0 bridgehead atoms. The molecule has 2 aromatic heterocycles. The molecule has 7 nitrogen and oxygen atoms in total. The van der Waals surface area contributed by atoms with E-state index in [1.54, 1.807) is 18.2 Å². The van der Waals surface area contributed by atoms with Crippen molar-refractivity contribution < 1.29 is 8.42 Å². The maximum absolute atomic E-state index is 13.2. The zero-order valence-electron chi connectivity index (χ0n) is 15.4. The second kappa shape index (κ2) is 8.37. The van der Waals surface area contributed by atoms with Gasteiger partial charge >= 0.3 is 0 Å². The van der Waals surface area contributed by atoms with Gasteiger partial charge in [-0.1, -0.05) is 29.8 Å². The van der Waals surface area contributed by atoms with Gasteiger partial charge in [-0.05, 0) is 36.2 Å². The van der Waals surface area contributed by atoms with Crippen LogP contribution >= 0.6 is 22.9 Å². The van der Waals surface area contributed by atoms with E-state index in [0.717, 1.165) is 29.9 Å². The van der Waals surface area contributed by atoms with E-state index >= 15 is 0 Å². The van der Waals surface area contributed by atoms with Crippen molar-refractivity contribution in [3.8, 4) is 10.6 Å². The maximum Gasteiger partial charge on any atom is 0.264 e. The van der Waals surface area contributed by atoms with Crippen molar-refractivity contribution in [1.82, 2.24) is 19.4 Å². The summed E-state index contributed by atoms with van der Waals surface area (Å²) in [4.78, 5) is 13.9. The van der Waals surface area contributed by atoms with E-state index in [2.05, 4.69) is 15.1 Å². The summed E-state index contributed by atoms with van der Waals surface area (Å²) in [6.45, 7) is 2.21. The number of nitrogens with zero attached hydrogens (tertiary/aromatic N) is 3. The highest BCUT2D eigenvalue weighted by molar-refractivity contribution is 7.91. The summed E-state index contributed by atoms with van der Waals surface area (Å²) in [5, 5.41) is 7.02. The quantitative estimate of drug-likeness (QED) is 0.645. The number of sulfonamides is 1. The van der Waals surface area contributed by atoms with Gasteiger partial charge in [0, 0.05) is 30.7 Å². The van der Waals surface area contributed by atoms with Gasteiger partial charge in [0.25, 0.3) is 15.6 Å². The van der Waals surface area contributed by atoms with Gasteiger partial charge in [0.05, 0.1) is 11.5 Å². The number of halogens is 1. The molecule has 0 spiro atoms. The van der Waals surface area contributed by atoms with E-state index in [9.17, 15) is 13.2 Å². The predicted octanol–water partition coefficient (Wildman–Crippen LogP) is 3.01. The molecule has 3 heterocycles. The van der Waals surface area contributed by atoms with Crippen LogP contribution < -0.4 is 5.56 Å². The van der Waals surface area contributed by atoms with Gasteiger partial charge in [-0.2, -0.15) is 9.40 Å². The number of nitrogens with one attached hydrogen (secondary N) is 1. The van der Waals surface area contributed by atoms with E-state index in [1.165, 1.54) is 10.4 Å².